The molecule has 194 valence electrons. The van der Waals surface area contributed by atoms with Crippen LogP contribution in [0.1, 0.15) is 12.8 Å². The maximum absolute atomic E-state index is 13.9. The minimum absolute atomic E-state index is 0.0349. The van der Waals surface area contributed by atoms with Crippen molar-refractivity contribution < 1.29 is 9.59 Å². The summed E-state index contributed by atoms with van der Waals surface area (Å²) in [6.45, 7) is 0.0349. The van der Waals surface area contributed by atoms with E-state index in [9.17, 15) is 9.59 Å². The average Bonchev–Trinajstić information content (AvgIpc) is 3.48. The van der Waals surface area contributed by atoms with Crippen molar-refractivity contribution >= 4 is 61.3 Å². The lowest BCUT2D eigenvalue weighted by Gasteiger charge is -2.27. The first-order chi connectivity index (χ1) is 19.0. The first-order valence-corrected chi connectivity index (χ1v) is 13.4. The molecule has 1 aromatic carbocycles. The standard InChI is InChI=1S/C28H23BrN8O2/c29-22-2-1-3-23(34-22)35-28(39)21-12-17-11-20(17)37(21)24(38)13-36-19-5-4-16(15-6-8-31-9-7-15)10-18(19)25-26(30)32-14-33-27(25)36/h1-10,14,17,20-21H,11-13H2,(H2,30,32,33)(H,34,35,39)/t17-,20-,21+/m1/s1. The van der Waals surface area contributed by atoms with Crippen LogP contribution in [0.25, 0.3) is 33.1 Å². The zero-order valence-corrected chi connectivity index (χ0v) is 22.2. The molecule has 3 atom stereocenters. The molecule has 3 N–H and O–H groups in total. The number of nitrogens with zero attached hydrogens (tertiary/aromatic N) is 6. The molecule has 1 saturated heterocycles. The number of piperidine rings is 1. The van der Waals surface area contributed by atoms with Crippen LogP contribution >= 0.6 is 15.9 Å². The number of nitrogens with two attached hydrogens (primary N) is 1. The van der Waals surface area contributed by atoms with Gasteiger partial charge in [-0.2, -0.15) is 0 Å². The van der Waals surface area contributed by atoms with E-state index in [2.05, 4.69) is 41.2 Å². The molecular weight excluding hydrogens is 560 g/mol. The molecular formula is C28H23BrN8O2. The highest BCUT2D eigenvalue weighted by Gasteiger charge is 2.56. The van der Waals surface area contributed by atoms with Gasteiger partial charge in [-0.1, -0.05) is 12.1 Å². The van der Waals surface area contributed by atoms with Crippen molar-refractivity contribution in [3.05, 3.63) is 71.9 Å². The number of pyridine rings is 2. The lowest BCUT2D eigenvalue weighted by molar-refractivity contribution is -0.138. The molecule has 11 heteroatoms. The van der Waals surface area contributed by atoms with Crippen LogP contribution in [0.3, 0.4) is 0 Å². The summed E-state index contributed by atoms with van der Waals surface area (Å²) in [6, 6.07) is 14.8. The molecule has 0 spiro atoms. The van der Waals surface area contributed by atoms with E-state index < -0.39 is 6.04 Å². The van der Waals surface area contributed by atoms with Gasteiger partial charge in [-0.25, -0.2) is 15.0 Å². The SMILES string of the molecule is Nc1ncnc2c1c1cc(-c3ccncc3)ccc1n2CC(=O)N1[C@@H]2C[C@@H]2C[C@H]1C(=O)Nc1cccc(Br)n1. The molecule has 2 aliphatic rings. The minimum atomic E-state index is -0.548. The highest BCUT2D eigenvalue weighted by Crippen LogP contribution is 2.48. The number of halogens is 1. The molecule has 1 aliphatic carbocycles. The minimum Gasteiger partial charge on any atom is -0.383 e. The molecule has 0 bridgehead atoms. The van der Waals surface area contributed by atoms with Crippen molar-refractivity contribution in [1.29, 1.82) is 0 Å². The average molecular weight is 583 g/mol. The van der Waals surface area contributed by atoms with Crippen molar-refractivity contribution in [3.63, 3.8) is 0 Å². The van der Waals surface area contributed by atoms with E-state index >= 15 is 0 Å². The number of likely N-dealkylation sites (tertiary alicyclic amines) is 1. The summed E-state index contributed by atoms with van der Waals surface area (Å²) in [4.78, 5) is 46.0. The Morgan fingerprint density at radius 3 is 2.72 bits per heavy atom. The lowest BCUT2D eigenvalue weighted by atomic mass is 10.0. The fourth-order valence-corrected chi connectivity index (χ4v) is 6.12. The van der Waals surface area contributed by atoms with Gasteiger partial charge in [0.2, 0.25) is 11.8 Å². The molecule has 4 aromatic heterocycles. The van der Waals surface area contributed by atoms with E-state index in [1.165, 1.54) is 6.33 Å². The van der Waals surface area contributed by atoms with Crippen molar-refractivity contribution in [2.75, 3.05) is 11.1 Å². The van der Waals surface area contributed by atoms with Gasteiger partial charge in [0.25, 0.3) is 0 Å². The lowest BCUT2D eigenvalue weighted by Crippen LogP contribution is -2.46. The summed E-state index contributed by atoms with van der Waals surface area (Å²) in [6.07, 6.45) is 6.48. The molecule has 2 fully saturated rings. The second-order valence-electron chi connectivity index (χ2n) is 9.96. The number of fused-ring (bicyclic) bond motifs is 4. The van der Waals surface area contributed by atoms with Gasteiger partial charge in [-0.05, 0) is 82.2 Å². The third-order valence-electron chi connectivity index (χ3n) is 7.64. The van der Waals surface area contributed by atoms with Gasteiger partial charge in [0, 0.05) is 23.8 Å². The first kappa shape index (κ1) is 23.7. The molecule has 2 amide bonds. The second kappa shape index (κ2) is 9.12. The topological polar surface area (TPSA) is 132 Å². The van der Waals surface area contributed by atoms with Crippen molar-refractivity contribution in [1.82, 2.24) is 29.4 Å². The Balaban J connectivity index is 1.23. The zero-order valence-electron chi connectivity index (χ0n) is 20.7. The largest absolute Gasteiger partial charge is 0.383 e. The number of carbonyl (C=O) groups excluding carboxylic acids is 2. The number of benzene rings is 1. The number of anilines is 2. The van der Waals surface area contributed by atoms with Gasteiger partial charge < -0.3 is 20.5 Å². The highest BCUT2D eigenvalue weighted by atomic mass is 79.9. The van der Waals surface area contributed by atoms with Crippen molar-refractivity contribution in [3.8, 4) is 11.1 Å². The number of amides is 2. The maximum Gasteiger partial charge on any atom is 0.248 e. The molecule has 7 rings (SSSR count). The molecule has 5 heterocycles. The van der Waals surface area contributed by atoms with E-state index in [0.29, 0.717) is 39.6 Å². The smallest absolute Gasteiger partial charge is 0.248 e. The second-order valence-corrected chi connectivity index (χ2v) is 10.8. The number of carbonyl (C=O) groups is 2. The Morgan fingerprint density at radius 2 is 1.90 bits per heavy atom. The molecule has 0 radical (unpaired) electrons. The van der Waals surface area contributed by atoms with Gasteiger partial charge >= 0.3 is 0 Å². The molecule has 39 heavy (non-hydrogen) atoms. The maximum atomic E-state index is 13.9. The third kappa shape index (κ3) is 4.09. The van der Waals surface area contributed by atoms with E-state index in [1.807, 2.05) is 34.9 Å². The van der Waals surface area contributed by atoms with Gasteiger partial charge in [0.05, 0.1) is 10.9 Å². The van der Waals surface area contributed by atoms with Crippen LogP contribution in [-0.2, 0) is 16.1 Å². The van der Waals surface area contributed by atoms with E-state index in [4.69, 9.17) is 5.73 Å². The summed E-state index contributed by atoms with van der Waals surface area (Å²) >= 11 is 3.33. The Kier molecular flexibility index (Phi) is 5.55. The normalized spacial score (nSPS) is 19.8. The number of aromatic nitrogens is 5. The fraction of sp³-hybridized carbons (Fsp3) is 0.214. The summed E-state index contributed by atoms with van der Waals surface area (Å²) < 4.78 is 2.50. The third-order valence-corrected chi connectivity index (χ3v) is 8.08. The summed E-state index contributed by atoms with van der Waals surface area (Å²) in [5, 5.41) is 4.45. The van der Waals surface area contributed by atoms with Gasteiger partial charge in [-0.15, -0.1) is 0 Å². The first-order valence-electron chi connectivity index (χ1n) is 12.7. The van der Waals surface area contributed by atoms with E-state index in [-0.39, 0.29) is 24.4 Å². The fourth-order valence-electron chi connectivity index (χ4n) is 5.78. The number of nitrogens with one attached hydrogen (secondary N) is 1. The number of hydrogen-bond acceptors (Lipinski definition) is 7. The predicted octanol–water partition coefficient (Wildman–Crippen LogP) is 4.01. The number of hydrogen-bond donors (Lipinski definition) is 2. The van der Waals surface area contributed by atoms with Gasteiger partial charge in [0.15, 0.2) is 0 Å². The number of nitrogen functional groups attached to an aromatic ring is 1. The van der Waals surface area contributed by atoms with Crippen LogP contribution in [0, 0.1) is 5.92 Å². The zero-order chi connectivity index (χ0) is 26.7. The summed E-state index contributed by atoms with van der Waals surface area (Å²) in [5.74, 6) is 0.792. The van der Waals surface area contributed by atoms with E-state index in [0.717, 1.165) is 28.5 Å². The van der Waals surface area contributed by atoms with Gasteiger partial charge in [-0.3, -0.25) is 14.6 Å². The van der Waals surface area contributed by atoms with Crippen LogP contribution in [0.5, 0.6) is 0 Å². The van der Waals surface area contributed by atoms with Crippen LogP contribution in [0.15, 0.2) is 71.9 Å². The van der Waals surface area contributed by atoms with Crippen molar-refractivity contribution in [2.45, 2.75) is 31.5 Å². The predicted molar refractivity (Wildman–Crippen MR) is 150 cm³/mol. The monoisotopic (exact) mass is 582 g/mol. The van der Waals surface area contributed by atoms with E-state index in [1.54, 1.807) is 35.5 Å². The quantitative estimate of drug-likeness (QED) is 0.299. The van der Waals surface area contributed by atoms with Crippen LogP contribution < -0.4 is 11.1 Å². The number of rotatable bonds is 5. The molecule has 5 aromatic rings. The van der Waals surface area contributed by atoms with Crippen LogP contribution in [-0.4, -0.2) is 53.3 Å². The molecule has 10 nitrogen and oxygen atoms in total. The summed E-state index contributed by atoms with van der Waals surface area (Å²) in [7, 11) is 0. The Hall–Kier alpha value is -4.38. The Morgan fingerprint density at radius 1 is 1.05 bits per heavy atom. The summed E-state index contributed by atoms with van der Waals surface area (Å²) in [5.41, 5.74) is 9.75. The Bertz CT molecular complexity index is 1770. The van der Waals surface area contributed by atoms with Crippen LogP contribution in [0.4, 0.5) is 11.6 Å². The highest BCUT2D eigenvalue weighted by molar-refractivity contribution is 9.10. The Labute approximate surface area is 231 Å². The van der Waals surface area contributed by atoms with Crippen LogP contribution in [0.2, 0.25) is 0 Å². The molecule has 0 unspecified atom stereocenters. The van der Waals surface area contributed by atoms with Gasteiger partial charge in [0.1, 0.15) is 40.8 Å². The molecule has 1 saturated carbocycles. The van der Waals surface area contributed by atoms with Crippen molar-refractivity contribution in [2.24, 2.45) is 5.92 Å². The molecule has 1 aliphatic heterocycles.